The Morgan fingerprint density at radius 1 is 1.33 bits per heavy atom. The first kappa shape index (κ1) is 10.4. The van der Waals surface area contributed by atoms with E-state index in [2.05, 4.69) is 5.10 Å². The van der Waals surface area contributed by atoms with Crippen LogP contribution in [-0.2, 0) is 6.54 Å². The van der Waals surface area contributed by atoms with Crippen molar-refractivity contribution in [3.05, 3.63) is 28.2 Å². The van der Waals surface area contributed by atoms with Gasteiger partial charge in [0.2, 0.25) is 0 Å². The van der Waals surface area contributed by atoms with Gasteiger partial charge < -0.3 is 0 Å². The molecule has 1 aromatic rings. The third-order valence-corrected chi connectivity index (χ3v) is 3.16. The van der Waals surface area contributed by atoms with Crippen LogP contribution in [0.2, 0.25) is 0 Å². The van der Waals surface area contributed by atoms with Gasteiger partial charge in [-0.25, -0.2) is 4.68 Å². The third kappa shape index (κ3) is 2.67. The van der Waals surface area contributed by atoms with Crippen LogP contribution in [0.4, 0.5) is 0 Å². The molecule has 1 aliphatic rings. The summed E-state index contributed by atoms with van der Waals surface area (Å²) in [7, 11) is 0. The second-order valence-corrected chi connectivity index (χ2v) is 4.50. The predicted molar refractivity (Wildman–Crippen MR) is 59.8 cm³/mol. The topological polar surface area (TPSA) is 34.9 Å². The average molecular weight is 206 g/mol. The lowest BCUT2D eigenvalue weighted by atomic mass is 9.89. The van der Waals surface area contributed by atoms with Crippen LogP contribution in [0, 0.1) is 12.8 Å². The molecule has 1 heterocycles. The SMILES string of the molecule is Cc1ccc(=O)n(CC2CCCCC2)n1. The Kier molecular flexibility index (Phi) is 3.19. The Balaban J connectivity index is 2.09. The highest BCUT2D eigenvalue weighted by Crippen LogP contribution is 2.24. The lowest BCUT2D eigenvalue weighted by molar-refractivity contribution is 0.302. The van der Waals surface area contributed by atoms with Gasteiger partial charge in [-0.05, 0) is 31.7 Å². The molecule has 15 heavy (non-hydrogen) atoms. The molecule has 1 aromatic heterocycles. The summed E-state index contributed by atoms with van der Waals surface area (Å²) in [6, 6.07) is 3.39. The molecular weight excluding hydrogens is 188 g/mol. The maximum Gasteiger partial charge on any atom is 0.266 e. The summed E-state index contributed by atoms with van der Waals surface area (Å²) >= 11 is 0. The number of hydrogen-bond acceptors (Lipinski definition) is 2. The first-order valence-corrected chi connectivity index (χ1v) is 5.80. The predicted octanol–water partition coefficient (Wildman–Crippen LogP) is 2.13. The monoisotopic (exact) mass is 206 g/mol. The molecular formula is C12H18N2O. The van der Waals surface area contributed by atoms with Crippen molar-refractivity contribution in [2.24, 2.45) is 5.92 Å². The highest BCUT2D eigenvalue weighted by molar-refractivity contribution is 4.97. The molecule has 1 saturated carbocycles. The minimum Gasteiger partial charge on any atom is -0.268 e. The summed E-state index contributed by atoms with van der Waals surface area (Å²) in [6.45, 7) is 2.73. The molecule has 0 aromatic carbocycles. The Morgan fingerprint density at radius 3 is 2.80 bits per heavy atom. The normalized spacial score (nSPS) is 17.9. The number of hydrogen-bond donors (Lipinski definition) is 0. The van der Waals surface area contributed by atoms with Crippen LogP contribution in [0.3, 0.4) is 0 Å². The summed E-state index contributed by atoms with van der Waals surface area (Å²) < 4.78 is 1.63. The van der Waals surface area contributed by atoms with Crippen LogP contribution in [-0.4, -0.2) is 9.78 Å². The Bertz CT molecular complexity index is 377. The van der Waals surface area contributed by atoms with E-state index in [-0.39, 0.29) is 5.56 Å². The lowest BCUT2D eigenvalue weighted by Crippen LogP contribution is -2.27. The van der Waals surface area contributed by atoms with Gasteiger partial charge in [0.15, 0.2) is 0 Å². The molecule has 1 aliphatic carbocycles. The van der Waals surface area contributed by atoms with Gasteiger partial charge in [-0.2, -0.15) is 5.10 Å². The van der Waals surface area contributed by atoms with Crippen LogP contribution in [0.1, 0.15) is 37.8 Å². The summed E-state index contributed by atoms with van der Waals surface area (Å²) in [5.41, 5.74) is 0.955. The fourth-order valence-corrected chi connectivity index (χ4v) is 2.30. The van der Waals surface area contributed by atoms with Crippen molar-refractivity contribution < 1.29 is 0 Å². The molecule has 82 valence electrons. The van der Waals surface area contributed by atoms with Crippen molar-refractivity contribution in [3.8, 4) is 0 Å². The number of rotatable bonds is 2. The van der Waals surface area contributed by atoms with Crippen LogP contribution < -0.4 is 5.56 Å². The smallest absolute Gasteiger partial charge is 0.266 e. The van der Waals surface area contributed by atoms with E-state index in [0.717, 1.165) is 12.2 Å². The van der Waals surface area contributed by atoms with Crippen molar-refractivity contribution in [3.63, 3.8) is 0 Å². The van der Waals surface area contributed by atoms with E-state index in [9.17, 15) is 4.79 Å². The van der Waals surface area contributed by atoms with E-state index in [1.54, 1.807) is 16.8 Å². The second-order valence-electron chi connectivity index (χ2n) is 4.50. The van der Waals surface area contributed by atoms with Crippen molar-refractivity contribution >= 4 is 0 Å². The van der Waals surface area contributed by atoms with Gasteiger partial charge in [-0.15, -0.1) is 0 Å². The minimum absolute atomic E-state index is 0.0335. The van der Waals surface area contributed by atoms with E-state index in [1.807, 2.05) is 6.92 Å². The van der Waals surface area contributed by atoms with Crippen LogP contribution in [0.5, 0.6) is 0 Å². The zero-order valence-electron chi connectivity index (χ0n) is 9.28. The van der Waals surface area contributed by atoms with E-state index in [1.165, 1.54) is 32.1 Å². The third-order valence-electron chi connectivity index (χ3n) is 3.16. The lowest BCUT2D eigenvalue weighted by Gasteiger charge is -2.21. The molecule has 0 saturated heterocycles. The van der Waals surface area contributed by atoms with Gasteiger partial charge in [-0.1, -0.05) is 19.3 Å². The maximum absolute atomic E-state index is 11.5. The quantitative estimate of drug-likeness (QED) is 0.743. The fraction of sp³-hybridized carbons (Fsp3) is 0.667. The van der Waals surface area contributed by atoms with Crippen molar-refractivity contribution in [1.82, 2.24) is 9.78 Å². The van der Waals surface area contributed by atoms with Gasteiger partial charge in [0.05, 0.1) is 5.69 Å². The van der Waals surface area contributed by atoms with Gasteiger partial charge in [-0.3, -0.25) is 4.79 Å². The maximum atomic E-state index is 11.5. The molecule has 0 radical (unpaired) electrons. The summed E-state index contributed by atoms with van der Waals surface area (Å²) in [6.07, 6.45) is 6.48. The van der Waals surface area contributed by atoms with E-state index in [4.69, 9.17) is 0 Å². The molecule has 0 spiro atoms. The molecule has 3 heteroatoms. The zero-order chi connectivity index (χ0) is 10.7. The minimum atomic E-state index is 0.0335. The number of aromatic nitrogens is 2. The number of nitrogens with zero attached hydrogens (tertiary/aromatic N) is 2. The number of aryl methyl sites for hydroxylation is 1. The summed E-state index contributed by atoms with van der Waals surface area (Å²) in [4.78, 5) is 11.5. The van der Waals surface area contributed by atoms with Crippen LogP contribution >= 0.6 is 0 Å². The molecule has 0 aliphatic heterocycles. The van der Waals surface area contributed by atoms with E-state index < -0.39 is 0 Å². The summed E-state index contributed by atoms with van der Waals surface area (Å²) in [5, 5.41) is 4.27. The highest BCUT2D eigenvalue weighted by atomic mass is 16.1. The Labute approximate surface area is 90.1 Å². The molecule has 3 nitrogen and oxygen atoms in total. The van der Waals surface area contributed by atoms with Gasteiger partial charge in [0.1, 0.15) is 0 Å². The zero-order valence-corrected chi connectivity index (χ0v) is 9.28. The van der Waals surface area contributed by atoms with Crippen molar-refractivity contribution in [1.29, 1.82) is 0 Å². The van der Waals surface area contributed by atoms with Crippen LogP contribution in [0.25, 0.3) is 0 Å². The van der Waals surface area contributed by atoms with Crippen molar-refractivity contribution in [2.75, 3.05) is 0 Å². The molecule has 2 rings (SSSR count). The second kappa shape index (κ2) is 4.60. The highest BCUT2D eigenvalue weighted by Gasteiger charge is 2.14. The van der Waals surface area contributed by atoms with E-state index >= 15 is 0 Å². The summed E-state index contributed by atoms with van der Waals surface area (Å²) in [5.74, 6) is 0.658. The average Bonchev–Trinajstić information content (AvgIpc) is 2.25. The molecule has 1 fully saturated rings. The molecule has 0 atom stereocenters. The Morgan fingerprint density at radius 2 is 2.07 bits per heavy atom. The largest absolute Gasteiger partial charge is 0.268 e. The fourth-order valence-electron chi connectivity index (χ4n) is 2.30. The van der Waals surface area contributed by atoms with E-state index in [0.29, 0.717) is 5.92 Å². The first-order valence-electron chi connectivity index (χ1n) is 5.80. The first-order chi connectivity index (χ1) is 7.25. The molecule has 0 bridgehead atoms. The van der Waals surface area contributed by atoms with Gasteiger partial charge in [0, 0.05) is 12.6 Å². The standard InChI is InChI=1S/C12H18N2O/c1-10-7-8-12(15)14(13-10)9-11-5-3-2-4-6-11/h7-8,11H,2-6,9H2,1H3. The molecule has 0 unspecified atom stereocenters. The van der Waals surface area contributed by atoms with Crippen LogP contribution in [0.15, 0.2) is 16.9 Å². The van der Waals surface area contributed by atoms with Gasteiger partial charge in [0.25, 0.3) is 5.56 Å². The molecule has 0 N–H and O–H groups in total. The molecule has 0 amide bonds. The van der Waals surface area contributed by atoms with Crippen molar-refractivity contribution in [2.45, 2.75) is 45.6 Å². The van der Waals surface area contributed by atoms with Gasteiger partial charge >= 0.3 is 0 Å². The Hall–Kier alpha value is -1.12.